The molecular weight excluding hydrogens is 439 g/mol. The first kappa shape index (κ1) is 22.6. The molecular formula is C21H24F3N7O2. The molecule has 1 atom stereocenters. The fourth-order valence-electron chi connectivity index (χ4n) is 3.99. The third-order valence-corrected chi connectivity index (χ3v) is 5.89. The van der Waals surface area contributed by atoms with E-state index in [1.54, 1.807) is 19.4 Å². The van der Waals surface area contributed by atoms with E-state index in [-0.39, 0.29) is 6.04 Å². The lowest BCUT2D eigenvalue weighted by Crippen LogP contribution is -2.41. The van der Waals surface area contributed by atoms with Gasteiger partial charge in [0.05, 0.1) is 11.8 Å². The summed E-state index contributed by atoms with van der Waals surface area (Å²) < 4.78 is 40.1. The molecule has 4 heterocycles. The van der Waals surface area contributed by atoms with E-state index in [2.05, 4.69) is 25.2 Å². The van der Waals surface area contributed by atoms with Crippen molar-refractivity contribution in [1.29, 1.82) is 0 Å². The molecule has 3 aromatic rings. The summed E-state index contributed by atoms with van der Waals surface area (Å²) in [6, 6.07) is 1.74. The van der Waals surface area contributed by atoms with E-state index in [1.807, 2.05) is 6.07 Å². The predicted octanol–water partition coefficient (Wildman–Crippen LogP) is 3.20. The van der Waals surface area contributed by atoms with Gasteiger partial charge in [-0.25, -0.2) is 14.8 Å². The number of urea groups is 1. The number of fused-ring (bicyclic) bond motifs is 1. The summed E-state index contributed by atoms with van der Waals surface area (Å²) in [7, 11) is 2.80. The second-order valence-electron chi connectivity index (χ2n) is 8.11. The maximum Gasteiger partial charge on any atom is 0.417 e. The highest BCUT2D eigenvalue weighted by molar-refractivity contribution is 5.89. The smallest absolute Gasteiger partial charge is 0.355 e. The average molecular weight is 463 g/mol. The van der Waals surface area contributed by atoms with Crippen molar-refractivity contribution >= 4 is 28.7 Å². The zero-order valence-corrected chi connectivity index (χ0v) is 18.2. The molecule has 0 spiro atoms. The van der Waals surface area contributed by atoms with Gasteiger partial charge in [-0.2, -0.15) is 13.2 Å². The van der Waals surface area contributed by atoms with Gasteiger partial charge in [0.1, 0.15) is 17.0 Å². The fraction of sp³-hybridized carbons (Fsp3) is 0.429. The predicted molar refractivity (Wildman–Crippen MR) is 117 cm³/mol. The van der Waals surface area contributed by atoms with Gasteiger partial charge in [0.15, 0.2) is 5.65 Å². The monoisotopic (exact) mass is 463 g/mol. The number of nitrogens with one attached hydrogen (secondary N) is 2. The zero-order valence-electron chi connectivity index (χ0n) is 18.2. The van der Waals surface area contributed by atoms with Gasteiger partial charge in [-0.05, 0) is 31.4 Å². The molecule has 1 saturated heterocycles. The van der Waals surface area contributed by atoms with E-state index in [0.29, 0.717) is 37.3 Å². The molecule has 0 bridgehead atoms. The maximum absolute atomic E-state index is 13.1. The van der Waals surface area contributed by atoms with Crippen LogP contribution in [0.5, 0.6) is 0 Å². The summed E-state index contributed by atoms with van der Waals surface area (Å²) in [5, 5.41) is 2.36. The molecule has 0 radical (unpaired) electrons. The minimum atomic E-state index is -4.63. The van der Waals surface area contributed by atoms with Crippen molar-refractivity contribution in [2.45, 2.75) is 31.5 Å². The standard InChI is InChI=1S/C21H24F3N7O2/c1-29-12-13(21(22,23)24)10-16(19(29)32)28-20(33)30(2)14-4-3-8-31(9-6-14)17-11-26-18-15(27-17)5-7-25-18/h5,7,10-12,14H,3-4,6,8-9H2,1-2H3,(H,25,26)(H,28,33). The molecule has 1 unspecified atom stereocenters. The summed E-state index contributed by atoms with van der Waals surface area (Å²) in [5.41, 5.74) is -0.644. The molecule has 3 aromatic heterocycles. The van der Waals surface area contributed by atoms with E-state index in [1.165, 1.54) is 11.9 Å². The van der Waals surface area contributed by atoms with E-state index in [9.17, 15) is 22.8 Å². The Balaban J connectivity index is 1.44. The number of hydrogen-bond acceptors (Lipinski definition) is 5. The molecule has 12 heteroatoms. The minimum Gasteiger partial charge on any atom is -0.355 e. The Morgan fingerprint density at radius 2 is 2.09 bits per heavy atom. The molecule has 0 aliphatic carbocycles. The molecule has 4 rings (SSSR count). The van der Waals surface area contributed by atoms with Gasteiger partial charge < -0.3 is 24.7 Å². The highest BCUT2D eigenvalue weighted by Gasteiger charge is 2.32. The van der Waals surface area contributed by atoms with Gasteiger partial charge in [0.2, 0.25) is 0 Å². The van der Waals surface area contributed by atoms with E-state index in [4.69, 9.17) is 0 Å². The summed E-state index contributed by atoms with van der Waals surface area (Å²) >= 11 is 0. The molecule has 1 aliphatic heterocycles. The second-order valence-corrected chi connectivity index (χ2v) is 8.11. The fourth-order valence-corrected chi connectivity index (χ4v) is 3.99. The topological polar surface area (TPSA) is 99.1 Å². The maximum atomic E-state index is 13.1. The van der Waals surface area contributed by atoms with Crippen molar-refractivity contribution < 1.29 is 18.0 Å². The normalized spacial score (nSPS) is 17.1. The summed E-state index contributed by atoms with van der Waals surface area (Å²) in [5.74, 6) is 0.752. The number of H-pyrrole nitrogens is 1. The molecule has 2 amide bonds. The van der Waals surface area contributed by atoms with Crippen molar-refractivity contribution in [2.24, 2.45) is 7.05 Å². The molecule has 0 saturated carbocycles. The zero-order chi connectivity index (χ0) is 23.8. The van der Waals surface area contributed by atoms with Gasteiger partial charge >= 0.3 is 12.2 Å². The van der Waals surface area contributed by atoms with Crippen molar-refractivity contribution in [2.75, 3.05) is 30.4 Å². The minimum absolute atomic E-state index is 0.145. The van der Waals surface area contributed by atoms with Gasteiger partial charge in [0.25, 0.3) is 5.56 Å². The Hall–Kier alpha value is -3.57. The Bertz CT molecular complexity index is 1220. The van der Waals surface area contributed by atoms with Gasteiger partial charge in [0, 0.05) is 45.6 Å². The SMILES string of the molecule is CN(C(=O)Nc1cc(C(F)(F)F)cn(C)c1=O)C1CCCN(c2cnc3[nH]ccc3n2)CC1. The number of rotatable bonds is 3. The van der Waals surface area contributed by atoms with Gasteiger partial charge in [-0.3, -0.25) is 4.79 Å². The van der Waals surface area contributed by atoms with Crippen LogP contribution in [0.2, 0.25) is 0 Å². The summed E-state index contributed by atoms with van der Waals surface area (Å²) in [4.78, 5) is 40.6. The Kier molecular flexibility index (Phi) is 6.00. The molecule has 2 N–H and O–H groups in total. The van der Waals surface area contributed by atoms with Crippen LogP contribution in [0.1, 0.15) is 24.8 Å². The number of anilines is 2. The quantitative estimate of drug-likeness (QED) is 0.622. The third-order valence-electron chi connectivity index (χ3n) is 5.89. The van der Waals surface area contributed by atoms with Crippen LogP contribution in [-0.2, 0) is 13.2 Å². The molecule has 9 nitrogen and oxygen atoms in total. The van der Waals surface area contributed by atoms with Crippen molar-refractivity contribution in [3.05, 3.63) is 46.6 Å². The first-order valence-electron chi connectivity index (χ1n) is 10.5. The molecule has 1 aliphatic rings. The van der Waals surface area contributed by atoms with E-state index in [0.717, 1.165) is 28.9 Å². The summed E-state index contributed by atoms with van der Waals surface area (Å²) in [6.07, 6.45) is 1.69. The Morgan fingerprint density at radius 1 is 1.30 bits per heavy atom. The van der Waals surface area contributed by atoms with Crippen LogP contribution in [0.4, 0.5) is 29.5 Å². The van der Waals surface area contributed by atoms with Crippen LogP contribution in [-0.4, -0.2) is 56.6 Å². The van der Waals surface area contributed by atoms with Crippen LogP contribution in [0.3, 0.4) is 0 Å². The Labute approximate surface area is 187 Å². The van der Waals surface area contributed by atoms with Gasteiger partial charge in [-0.1, -0.05) is 0 Å². The lowest BCUT2D eigenvalue weighted by Gasteiger charge is -2.27. The third kappa shape index (κ3) is 4.78. The largest absolute Gasteiger partial charge is 0.417 e. The number of halogens is 3. The van der Waals surface area contributed by atoms with Crippen LogP contribution in [0, 0.1) is 0 Å². The van der Waals surface area contributed by atoms with Crippen molar-refractivity contribution in [1.82, 2.24) is 24.4 Å². The number of pyridine rings is 1. The highest BCUT2D eigenvalue weighted by Crippen LogP contribution is 2.29. The number of aryl methyl sites for hydroxylation is 1. The number of aromatic nitrogens is 4. The Morgan fingerprint density at radius 3 is 2.85 bits per heavy atom. The average Bonchev–Trinajstić information content (AvgIpc) is 3.10. The van der Waals surface area contributed by atoms with Gasteiger partial charge in [-0.15, -0.1) is 0 Å². The van der Waals surface area contributed by atoms with Crippen LogP contribution < -0.4 is 15.8 Å². The second kappa shape index (κ2) is 8.75. The molecule has 176 valence electrons. The number of carbonyl (C=O) groups excluding carboxylic acids is 1. The van der Waals surface area contributed by atoms with E-state index >= 15 is 0 Å². The molecule has 0 aromatic carbocycles. The summed E-state index contributed by atoms with van der Waals surface area (Å²) in [6.45, 7) is 1.38. The lowest BCUT2D eigenvalue weighted by molar-refractivity contribution is -0.138. The van der Waals surface area contributed by atoms with Crippen LogP contribution >= 0.6 is 0 Å². The van der Waals surface area contributed by atoms with E-state index < -0.39 is 29.0 Å². The number of nitrogens with zero attached hydrogens (tertiary/aromatic N) is 5. The van der Waals surface area contributed by atoms with Crippen LogP contribution in [0.15, 0.2) is 35.5 Å². The number of carbonyl (C=O) groups is 1. The molecule has 33 heavy (non-hydrogen) atoms. The first-order chi connectivity index (χ1) is 15.6. The lowest BCUT2D eigenvalue weighted by atomic mass is 10.1. The molecule has 1 fully saturated rings. The number of aromatic amines is 1. The van der Waals surface area contributed by atoms with Crippen molar-refractivity contribution in [3.63, 3.8) is 0 Å². The number of alkyl halides is 3. The number of amides is 2. The van der Waals surface area contributed by atoms with Crippen molar-refractivity contribution in [3.8, 4) is 0 Å². The highest BCUT2D eigenvalue weighted by atomic mass is 19.4. The number of hydrogen-bond donors (Lipinski definition) is 2. The first-order valence-corrected chi connectivity index (χ1v) is 10.5. The van der Waals surface area contributed by atoms with Crippen LogP contribution in [0.25, 0.3) is 11.2 Å².